The van der Waals surface area contributed by atoms with Crippen molar-refractivity contribution in [3.63, 3.8) is 0 Å². The number of carbonyl (C=O) groups excluding carboxylic acids is 2. The van der Waals surface area contributed by atoms with Crippen LogP contribution in [0.5, 0.6) is 5.75 Å². The van der Waals surface area contributed by atoms with Gasteiger partial charge in [-0.1, -0.05) is 38.3 Å². The second kappa shape index (κ2) is 10.4. The van der Waals surface area contributed by atoms with E-state index in [-0.39, 0.29) is 17.9 Å². The van der Waals surface area contributed by atoms with Gasteiger partial charge in [0.2, 0.25) is 0 Å². The van der Waals surface area contributed by atoms with Crippen molar-refractivity contribution in [2.24, 2.45) is 0 Å². The quantitative estimate of drug-likeness (QED) is 0.570. The first-order valence-electron chi connectivity index (χ1n) is 10.2. The van der Waals surface area contributed by atoms with Crippen LogP contribution in [0.15, 0.2) is 46.9 Å². The number of carbonyl (C=O) groups is 2. The van der Waals surface area contributed by atoms with E-state index in [4.69, 9.17) is 4.74 Å². The van der Waals surface area contributed by atoms with Crippen LogP contribution in [-0.2, 0) is 0 Å². The lowest BCUT2D eigenvalue weighted by Crippen LogP contribution is -2.36. The molecular weight excluding hydrogens is 432 g/mol. The molecule has 0 saturated heterocycles. The highest BCUT2D eigenvalue weighted by Crippen LogP contribution is 2.27. The van der Waals surface area contributed by atoms with Crippen molar-refractivity contribution in [3.8, 4) is 5.75 Å². The van der Waals surface area contributed by atoms with Gasteiger partial charge in [-0.15, -0.1) is 0 Å². The average molecular weight is 459 g/mol. The van der Waals surface area contributed by atoms with Crippen molar-refractivity contribution in [3.05, 3.63) is 58.1 Å². The Morgan fingerprint density at radius 3 is 2.55 bits per heavy atom. The highest BCUT2D eigenvalue weighted by molar-refractivity contribution is 9.10. The smallest absolute Gasteiger partial charge is 0.255 e. The molecule has 1 aliphatic rings. The Kier molecular flexibility index (Phi) is 7.69. The summed E-state index contributed by atoms with van der Waals surface area (Å²) in [7, 11) is 0. The Hall–Kier alpha value is -2.34. The molecule has 0 unspecified atom stereocenters. The summed E-state index contributed by atoms with van der Waals surface area (Å²) >= 11 is 3.45. The lowest BCUT2D eigenvalue weighted by Gasteiger charge is -2.23. The molecule has 0 aliphatic heterocycles. The minimum atomic E-state index is -0.273. The van der Waals surface area contributed by atoms with Crippen molar-refractivity contribution >= 4 is 33.4 Å². The summed E-state index contributed by atoms with van der Waals surface area (Å²) in [5.74, 6) is 0.290. The van der Waals surface area contributed by atoms with E-state index >= 15 is 0 Å². The molecular formula is C23H27BrN2O3. The lowest BCUT2D eigenvalue weighted by molar-refractivity contribution is 0.0928. The summed E-state index contributed by atoms with van der Waals surface area (Å²) in [6, 6.07) is 12.5. The summed E-state index contributed by atoms with van der Waals surface area (Å²) in [4.78, 5) is 25.5. The lowest BCUT2D eigenvalue weighted by atomic mass is 9.95. The van der Waals surface area contributed by atoms with Gasteiger partial charge in [0.1, 0.15) is 5.75 Å². The van der Waals surface area contributed by atoms with E-state index in [0.29, 0.717) is 29.2 Å². The van der Waals surface area contributed by atoms with Gasteiger partial charge in [0.25, 0.3) is 11.8 Å². The molecule has 0 radical (unpaired) electrons. The number of hydrogen-bond donors (Lipinski definition) is 2. The van der Waals surface area contributed by atoms with E-state index in [1.54, 1.807) is 30.3 Å². The molecule has 2 aromatic carbocycles. The van der Waals surface area contributed by atoms with E-state index in [2.05, 4.69) is 26.6 Å². The van der Waals surface area contributed by atoms with E-state index in [1.807, 2.05) is 19.1 Å². The van der Waals surface area contributed by atoms with Crippen molar-refractivity contribution in [1.82, 2.24) is 5.32 Å². The molecule has 2 aromatic rings. The third kappa shape index (κ3) is 5.82. The molecule has 0 aromatic heterocycles. The highest BCUT2D eigenvalue weighted by Gasteiger charge is 2.19. The van der Waals surface area contributed by atoms with E-state index < -0.39 is 0 Å². The first kappa shape index (κ1) is 21.4. The zero-order valence-corrected chi connectivity index (χ0v) is 18.3. The molecule has 1 fully saturated rings. The van der Waals surface area contributed by atoms with Gasteiger partial charge in [-0.05, 0) is 65.5 Å². The second-order valence-electron chi connectivity index (χ2n) is 7.30. The number of nitrogens with one attached hydrogen (secondary N) is 2. The van der Waals surface area contributed by atoms with Crippen molar-refractivity contribution in [1.29, 1.82) is 0 Å². The largest absolute Gasteiger partial charge is 0.492 e. The molecule has 2 N–H and O–H groups in total. The van der Waals surface area contributed by atoms with Gasteiger partial charge in [0, 0.05) is 11.6 Å². The van der Waals surface area contributed by atoms with Crippen LogP contribution < -0.4 is 15.4 Å². The first-order valence-corrected chi connectivity index (χ1v) is 11.0. The van der Waals surface area contributed by atoms with E-state index in [0.717, 1.165) is 36.6 Å². The van der Waals surface area contributed by atoms with Crippen LogP contribution in [0.1, 0.15) is 66.2 Å². The topological polar surface area (TPSA) is 67.4 Å². The minimum Gasteiger partial charge on any atom is -0.492 e. The Labute approximate surface area is 180 Å². The van der Waals surface area contributed by atoms with E-state index in [9.17, 15) is 9.59 Å². The number of benzene rings is 2. The Morgan fingerprint density at radius 2 is 1.83 bits per heavy atom. The Morgan fingerprint density at radius 1 is 1.07 bits per heavy atom. The highest BCUT2D eigenvalue weighted by atomic mass is 79.9. The minimum absolute atomic E-state index is 0.141. The second-order valence-corrected chi connectivity index (χ2v) is 8.16. The standard InChI is InChI=1S/C23H27BrN2O3/c1-2-14-29-21-13-12-16(15-19(21)24)22(27)26-20-11-7-6-10-18(20)23(28)25-17-8-4-3-5-9-17/h6-7,10-13,15,17H,2-5,8-9,14H2,1H3,(H,25,28)(H,26,27). The number of anilines is 1. The predicted molar refractivity (Wildman–Crippen MR) is 119 cm³/mol. The Bertz CT molecular complexity index is 863. The number of amides is 2. The molecule has 0 atom stereocenters. The van der Waals surface area contributed by atoms with Gasteiger partial charge < -0.3 is 15.4 Å². The SMILES string of the molecule is CCCOc1ccc(C(=O)Nc2ccccc2C(=O)NC2CCCCC2)cc1Br. The molecule has 0 spiro atoms. The summed E-state index contributed by atoms with van der Waals surface area (Å²) in [6.45, 7) is 2.66. The number of para-hydroxylation sites is 1. The van der Waals surface area contributed by atoms with Crippen molar-refractivity contribution in [2.75, 3.05) is 11.9 Å². The zero-order chi connectivity index (χ0) is 20.6. The molecule has 0 bridgehead atoms. The fraction of sp³-hybridized carbons (Fsp3) is 0.391. The van der Waals surface area contributed by atoms with Gasteiger partial charge >= 0.3 is 0 Å². The van der Waals surface area contributed by atoms with Crippen LogP contribution in [0.2, 0.25) is 0 Å². The molecule has 0 heterocycles. The maximum atomic E-state index is 12.8. The van der Waals surface area contributed by atoms with Crippen molar-refractivity contribution < 1.29 is 14.3 Å². The molecule has 3 rings (SSSR count). The molecule has 2 amide bonds. The third-order valence-electron chi connectivity index (χ3n) is 5.02. The molecule has 154 valence electrons. The van der Waals surface area contributed by atoms with Crippen LogP contribution in [-0.4, -0.2) is 24.5 Å². The fourth-order valence-electron chi connectivity index (χ4n) is 3.47. The number of rotatable bonds is 7. The monoisotopic (exact) mass is 458 g/mol. The summed E-state index contributed by atoms with van der Waals surface area (Å²) in [5.41, 5.74) is 1.48. The van der Waals surface area contributed by atoms with E-state index in [1.165, 1.54) is 6.42 Å². The van der Waals surface area contributed by atoms with Gasteiger partial charge in [0.05, 0.1) is 22.3 Å². The van der Waals surface area contributed by atoms with Gasteiger partial charge in [0.15, 0.2) is 0 Å². The molecule has 1 aliphatic carbocycles. The number of ether oxygens (including phenoxy) is 1. The summed E-state index contributed by atoms with van der Waals surface area (Å²) < 4.78 is 6.35. The summed E-state index contributed by atoms with van der Waals surface area (Å²) in [6.07, 6.45) is 6.47. The molecule has 6 heteroatoms. The maximum Gasteiger partial charge on any atom is 0.255 e. The predicted octanol–water partition coefficient (Wildman–Crippen LogP) is 5.55. The van der Waals surface area contributed by atoms with Crippen LogP contribution >= 0.6 is 15.9 Å². The van der Waals surface area contributed by atoms with Gasteiger partial charge in [-0.2, -0.15) is 0 Å². The van der Waals surface area contributed by atoms with Crippen LogP contribution in [0.3, 0.4) is 0 Å². The molecule has 1 saturated carbocycles. The van der Waals surface area contributed by atoms with Gasteiger partial charge in [-0.25, -0.2) is 0 Å². The number of halogens is 1. The Balaban J connectivity index is 1.70. The third-order valence-corrected chi connectivity index (χ3v) is 5.64. The van der Waals surface area contributed by atoms with Crippen molar-refractivity contribution in [2.45, 2.75) is 51.5 Å². The zero-order valence-electron chi connectivity index (χ0n) is 16.7. The number of hydrogen-bond acceptors (Lipinski definition) is 3. The first-order chi connectivity index (χ1) is 14.1. The normalized spacial score (nSPS) is 14.3. The fourth-order valence-corrected chi connectivity index (χ4v) is 3.96. The van der Waals surface area contributed by atoms with Gasteiger partial charge in [-0.3, -0.25) is 9.59 Å². The van der Waals surface area contributed by atoms with Crippen LogP contribution in [0, 0.1) is 0 Å². The van der Waals surface area contributed by atoms with Crippen LogP contribution in [0.25, 0.3) is 0 Å². The molecule has 29 heavy (non-hydrogen) atoms. The average Bonchev–Trinajstić information content (AvgIpc) is 2.74. The summed E-state index contributed by atoms with van der Waals surface area (Å²) in [5, 5.41) is 5.98. The molecule has 5 nitrogen and oxygen atoms in total. The van der Waals surface area contributed by atoms with Crippen LogP contribution in [0.4, 0.5) is 5.69 Å². The maximum absolute atomic E-state index is 12.8.